The number of hydrogen-bond donors (Lipinski definition) is 1. The van der Waals surface area contributed by atoms with Crippen LogP contribution < -0.4 is 14.8 Å². The Kier molecular flexibility index (Phi) is 8.41. The summed E-state index contributed by atoms with van der Waals surface area (Å²) in [4.78, 5) is 17.5. The second kappa shape index (κ2) is 11.5. The molecule has 0 aromatic heterocycles. The molecule has 0 unspecified atom stereocenters. The lowest BCUT2D eigenvalue weighted by molar-refractivity contribution is -0.115. The topological polar surface area (TPSA) is 59.9 Å². The lowest BCUT2D eigenvalue weighted by Gasteiger charge is -2.10. The van der Waals surface area contributed by atoms with E-state index in [1.165, 1.54) is 11.8 Å². The lowest BCUT2D eigenvalue weighted by atomic mass is 10.2. The van der Waals surface area contributed by atoms with Crippen molar-refractivity contribution in [3.8, 4) is 11.5 Å². The van der Waals surface area contributed by atoms with Crippen LogP contribution in [-0.2, 0) is 11.4 Å². The number of rotatable bonds is 7. The maximum atomic E-state index is 12.4. The summed E-state index contributed by atoms with van der Waals surface area (Å²) in [5.41, 5.74) is 2.56. The summed E-state index contributed by atoms with van der Waals surface area (Å²) in [5.74, 6) is 1.36. The van der Waals surface area contributed by atoms with Gasteiger partial charge in [0.25, 0.3) is 5.91 Å². The molecule has 1 fully saturated rings. The van der Waals surface area contributed by atoms with Crippen molar-refractivity contribution in [2.24, 2.45) is 4.99 Å². The highest BCUT2D eigenvalue weighted by Gasteiger charge is 2.24. The Hall–Kier alpha value is -2.20. The van der Waals surface area contributed by atoms with Crippen molar-refractivity contribution in [3.63, 3.8) is 0 Å². The van der Waals surface area contributed by atoms with E-state index in [9.17, 15) is 4.79 Å². The van der Waals surface area contributed by atoms with Gasteiger partial charge in [-0.1, -0.05) is 35.3 Å². The fourth-order valence-electron chi connectivity index (χ4n) is 3.05. The van der Waals surface area contributed by atoms with Crippen LogP contribution in [0.1, 0.15) is 18.1 Å². The molecular weight excluding hydrogens is 606 g/mol. The molecule has 5 nitrogen and oxygen atoms in total. The van der Waals surface area contributed by atoms with E-state index in [0.29, 0.717) is 33.3 Å². The number of benzene rings is 3. The van der Waals surface area contributed by atoms with E-state index in [1.54, 1.807) is 12.1 Å². The second-order valence-corrected chi connectivity index (χ2v) is 10.1. The SMILES string of the molecule is CCOc1ccc(N=C2NC(=O)/C(=C\c3ccc(OCc4ccc(Cl)c(Cl)c4)c(I)c3)S2)cc1. The molecular formula is C25H19Cl2IN2O3S. The van der Waals surface area contributed by atoms with E-state index in [4.69, 9.17) is 32.7 Å². The zero-order chi connectivity index (χ0) is 24.1. The Labute approximate surface area is 225 Å². The highest BCUT2D eigenvalue weighted by molar-refractivity contribution is 14.1. The zero-order valence-electron chi connectivity index (χ0n) is 18.0. The standard InChI is InChI=1S/C25H19Cl2IN2O3S/c1-2-32-18-7-5-17(6-8-18)29-25-30-24(31)23(34-25)13-15-4-10-22(21(28)12-15)33-14-16-3-9-19(26)20(27)11-16/h3-13H,2,14H2,1H3,(H,29,30,31)/b23-13+. The normalized spacial score (nSPS) is 15.6. The third-order valence-corrected chi connectivity index (χ3v) is 7.15. The van der Waals surface area contributed by atoms with Crippen LogP contribution in [0.5, 0.6) is 11.5 Å². The molecule has 1 aliphatic heterocycles. The molecule has 9 heteroatoms. The lowest BCUT2D eigenvalue weighted by Crippen LogP contribution is -2.19. The number of thioether (sulfide) groups is 1. The molecule has 1 N–H and O–H groups in total. The van der Waals surface area contributed by atoms with Crippen LogP contribution in [-0.4, -0.2) is 17.7 Å². The van der Waals surface area contributed by atoms with Crippen LogP contribution in [0.25, 0.3) is 6.08 Å². The molecule has 4 rings (SSSR count). The van der Waals surface area contributed by atoms with Crippen LogP contribution in [0.2, 0.25) is 10.0 Å². The molecule has 0 atom stereocenters. The minimum atomic E-state index is -0.176. The quantitative estimate of drug-likeness (QED) is 0.219. The first-order chi connectivity index (χ1) is 16.4. The predicted molar refractivity (Wildman–Crippen MR) is 148 cm³/mol. The number of amides is 1. The van der Waals surface area contributed by atoms with Crippen molar-refractivity contribution in [3.05, 3.63) is 90.3 Å². The first-order valence-corrected chi connectivity index (χ1v) is 12.9. The summed E-state index contributed by atoms with van der Waals surface area (Å²) < 4.78 is 12.3. The van der Waals surface area contributed by atoms with Crippen molar-refractivity contribution in [2.45, 2.75) is 13.5 Å². The number of halogens is 3. The predicted octanol–water partition coefficient (Wildman–Crippen LogP) is 7.47. The molecule has 0 spiro atoms. The van der Waals surface area contributed by atoms with Gasteiger partial charge in [0.2, 0.25) is 0 Å². The maximum Gasteiger partial charge on any atom is 0.264 e. The zero-order valence-corrected chi connectivity index (χ0v) is 22.5. The van der Waals surface area contributed by atoms with Gasteiger partial charge >= 0.3 is 0 Å². The Morgan fingerprint density at radius 3 is 2.53 bits per heavy atom. The third kappa shape index (κ3) is 6.47. The number of ether oxygens (including phenoxy) is 2. The van der Waals surface area contributed by atoms with Crippen LogP contribution in [0, 0.1) is 3.57 Å². The Bertz CT molecular complexity index is 1280. The molecule has 1 amide bonds. The Morgan fingerprint density at radius 1 is 1.03 bits per heavy atom. The van der Waals surface area contributed by atoms with Gasteiger partial charge in [0, 0.05) is 0 Å². The summed E-state index contributed by atoms with van der Waals surface area (Å²) in [7, 11) is 0. The maximum absolute atomic E-state index is 12.4. The minimum Gasteiger partial charge on any atom is -0.494 e. The molecule has 34 heavy (non-hydrogen) atoms. The largest absolute Gasteiger partial charge is 0.494 e. The number of nitrogens with zero attached hydrogens (tertiary/aromatic N) is 1. The number of carbonyl (C=O) groups excluding carboxylic acids is 1. The van der Waals surface area contributed by atoms with E-state index < -0.39 is 0 Å². The summed E-state index contributed by atoms with van der Waals surface area (Å²) >= 11 is 15.6. The van der Waals surface area contributed by atoms with Crippen LogP contribution in [0.4, 0.5) is 5.69 Å². The van der Waals surface area contributed by atoms with Gasteiger partial charge in [-0.05, 0) is 107 Å². The highest BCUT2D eigenvalue weighted by Crippen LogP contribution is 2.31. The smallest absolute Gasteiger partial charge is 0.264 e. The van der Waals surface area contributed by atoms with E-state index in [0.717, 1.165) is 31.9 Å². The summed E-state index contributed by atoms with van der Waals surface area (Å²) in [6, 6.07) is 18.6. The van der Waals surface area contributed by atoms with E-state index in [-0.39, 0.29) is 5.91 Å². The summed E-state index contributed by atoms with van der Waals surface area (Å²) in [5, 5.41) is 4.36. The highest BCUT2D eigenvalue weighted by atomic mass is 127. The van der Waals surface area contributed by atoms with Crippen LogP contribution in [0.15, 0.2) is 70.6 Å². The molecule has 3 aromatic rings. The number of nitrogens with one attached hydrogen (secondary N) is 1. The molecule has 1 aliphatic rings. The van der Waals surface area contributed by atoms with Crippen LogP contribution >= 0.6 is 57.6 Å². The first kappa shape index (κ1) is 24.9. The fraction of sp³-hybridized carbons (Fsp3) is 0.120. The Balaban J connectivity index is 1.42. The van der Waals surface area contributed by atoms with Crippen molar-refractivity contribution in [1.29, 1.82) is 0 Å². The van der Waals surface area contributed by atoms with E-state index in [1.807, 2.05) is 61.5 Å². The summed E-state index contributed by atoms with van der Waals surface area (Å²) in [6.07, 6.45) is 1.84. The molecule has 0 radical (unpaired) electrons. The number of aliphatic imine (C=N–C) groups is 1. The van der Waals surface area contributed by atoms with Gasteiger partial charge in [-0.15, -0.1) is 0 Å². The summed E-state index contributed by atoms with van der Waals surface area (Å²) in [6.45, 7) is 2.92. The van der Waals surface area contributed by atoms with Gasteiger partial charge in [-0.2, -0.15) is 0 Å². The van der Waals surface area contributed by atoms with Gasteiger partial charge in [0.15, 0.2) is 5.17 Å². The fourth-order valence-corrected chi connectivity index (χ4v) is 4.90. The Morgan fingerprint density at radius 2 is 1.82 bits per heavy atom. The van der Waals surface area contributed by atoms with Gasteiger partial charge in [-0.25, -0.2) is 4.99 Å². The van der Waals surface area contributed by atoms with Crippen molar-refractivity contribution in [2.75, 3.05) is 6.61 Å². The monoisotopic (exact) mass is 624 g/mol. The molecule has 3 aromatic carbocycles. The molecule has 0 saturated carbocycles. The average Bonchev–Trinajstić information content (AvgIpc) is 3.15. The number of amidine groups is 1. The van der Waals surface area contributed by atoms with Crippen molar-refractivity contribution >= 4 is 80.4 Å². The molecule has 1 heterocycles. The molecule has 174 valence electrons. The van der Waals surface area contributed by atoms with Gasteiger partial charge in [-0.3, -0.25) is 4.79 Å². The van der Waals surface area contributed by atoms with Gasteiger partial charge in [0.05, 0.1) is 30.8 Å². The second-order valence-electron chi connectivity index (χ2n) is 7.14. The third-order valence-electron chi connectivity index (χ3n) is 4.66. The van der Waals surface area contributed by atoms with Gasteiger partial charge in [0.1, 0.15) is 18.1 Å². The minimum absolute atomic E-state index is 0.176. The number of hydrogen-bond acceptors (Lipinski definition) is 5. The average molecular weight is 625 g/mol. The molecule has 0 aliphatic carbocycles. The van der Waals surface area contributed by atoms with Gasteiger partial charge < -0.3 is 14.8 Å². The van der Waals surface area contributed by atoms with Crippen molar-refractivity contribution in [1.82, 2.24) is 5.32 Å². The molecule has 0 bridgehead atoms. The molecule has 1 saturated heterocycles. The first-order valence-electron chi connectivity index (χ1n) is 10.3. The van der Waals surface area contributed by atoms with Crippen molar-refractivity contribution < 1.29 is 14.3 Å². The van der Waals surface area contributed by atoms with E-state index >= 15 is 0 Å². The van der Waals surface area contributed by atoms with Crippen LogP contribution in [0.3, 0.4) is 0 Å². The van der Waals surface area contributed by atoms with E-state index in [2.05, 4.69) is 32.9 Å². The number of carbonyl (C=O) groups is 1.